The molecule has 0 aliphatic heterocycles. The highest BCUT2D eigenvalue weighted by Crippen LogP contribution is 2.40. The fourth-order valence-electron chi connectivity index (χ4n) is 4.22. The molecule has 6 aromatic rings. The Morgan fingerprint density at radius 1 is 0.643 bits per heavy atom. The second-order valence-corrected chi connectivity index (χ2v) is 8.14. The van der Waals surface area contributed by atoms with E-state index < -0.39 is 0 Å². The second-order valence-electron chi connectivity index (χ2n) is 7.06. The van der Waals surface area contributed by atoms with E-state index >= 15 is 0 Å². The zero-order valence-corrected chi connectivity index (χ0v) is 15.8. The lowest BCUT2D eigenvalue weighted by Gasteiger charge is -2.08. The van der Waals surface area contributed by atoms with Gasteiger partial charge >= 0.3 is 0 Å². The fourth-order valence-corrected chi connectivity index (χ4v) is 5.35. The molecule has 2 aromatic heterocycles. The Morgan fingerprint density at radius 3 is 2.36 bits per heavy atom. The largest absolute Gasteiger partial charge is 0.309 e. The van der Waals surface area contributed by atoms with Crippen molar-refractivity contribution in [3.63, 3.8) is 0 Å². The highest BCUT2D eigenvalue weighted by atomic mass is 32.1. The predicted molar refractivity (Wildman–Crippen MR) is 122 cm³/mol. The highest BCUT2D eigenvalue weighted by molar-refractivity contribution is 7.25. The van der Waals surface area contributed by atoms with E-state index in [0.717, 1.165) is 11.3 Å². The summed E-state index contributed by atoms with van der Waals surface area (Å²) in [6, 6.07) is 30.1. The molecule has 0 unspecified atom stereocenters. The Labute approximate surface area is 165 Å². The fraction of sp³-hybridized carbons (Fsp3) is 0. The van der Waals surface area contributed by atoms with Gasteiger partial charge in [0.1, 0.15) is 0 Å². The standard InChI is InChI=1S/C25H16N2S/c26-15-16-6-5-7-17(12-16)27-22-10-3-1-8-18(22)20-14-25-21(13-23(20)27)19-9-2-4-11-24(19)28-25/h1-15,26H. The summed E-state index contributed by atoms with van der Waals surface area (Å²) >= 11 is 1.86. The van der Waals surface area contributed by atoms with Gasteiger partial charge in [-0.05, 0) is 42.0 Å². The lowest BCUT2D eigenvalue weighted by atomic mass is 10.1. The first-order valence-corrected chi connectivity index (χ1v) is 10.1. The molecule has 2 nitrogen and oxygen atoms in total. The number of aromatic nitrogens is 1. The van der Waals surface area contributed by atoms with Gasteiger partial charge in [0.25, 0.3) is 0 Å². The number of fused-ring (bicyclic) bond motifs is 6. The Morgan fingerprint density at radius 2 is 1.46 bits per heavy atom. The van der Waals surface area contributed by atoms with Crippen molar-refractivity contribution in [2.24, 2.45) is 0 Å². The van der Waals surface area contributed by atoms with Crippen LogP contribution >= 0.6 is 11.3 Å². The van der Waals surface area contributed by atoms with Crippen LogP contribution in [-0.2, 0) is 0 Å². The van der Waals surface area contributed by atoms with Gasteiger partial charge in [0.2, 0.25) is 0 Å². The van der Waals surface area contributed by atoms with E-state index in [-0.39, 0.29) is 0 Å². The molecule has 132 valence electrons. The third-order valence-electron chi connectivity index (χ3n) is 5.47. The first kappa shape index (κ1) is 15.6. The monoisotopic (exact) mass is 376 g/mol. The van der Waals surface area contributed by atoms with Crippen LogP contribution in [0.3, 0.4) is 0 Å². The van der Waals surface area contributed by atoms with Crippen molar-refractivity contribution >= 4 is 59.5 Å². The molecule has 0 saturated carbocycles. The summed E-state index contributed by atoms with van der Waals surface area (Å²) in [5.41, 5.74) is 4.40. The van der Waals surface area contributed by atoms with Crippen molar-refractivity contribution in [3.05, 3.63) is 90.5 Å². The maximum atomic E-state index is 7.64. The van der Waals surface area contributed by atoms with Crippen LogP contribution in [0.4, 0.5) is 0 Å². The molecule has 0 saturated heterocycles. The van der Waals surface area contributed by atoms with Crippen LogP contribution < -0.4 is 0 Å². The molecule has 0 aliphatic carbocycles. The van der Waals surface area contributed by atoms with Crippen molar-refractivity contribution in [1.82, 2.24) is 4.57 Å². The first-order chi connectivity index (χ1) is 13.8. The van der Waals surface area contributed by atoms with E-state index in [0.29, 0.717) is 0 Å². The van der Waals surface area contributed by atoms with Crippen LogP contribution in [0.1, 0.15) is 5.56 Å². The van der Waals surface area contributed by atoms with Crippen LogP contribution in [0, 0.1) is 5.41 Å². The summed E-state index contributed by atoms with van der Waals surface area (Å²) in [5.74, 6) is 0. The third kappa shape index (κ3) is 2.11. The third-order valence-corrected chi connectivity index (χ3v) is 6.60. The molecular formula is C25H16N2S. The maximum Gasteiger partial charge on any atom is 0.0548 e. The Balaban J connectivity index is 1.82. The molecule has 2 heterocycles. The van der Waals surface area contributed by atoms with Crippen LogP contribution in [0.15, 0.2) is 84.9 Å². The van der Waals surface area contributed by atoms with Crippen molar-refractivity contribution in [1.29, 1.82) is 5.41 Å². The summed E-state index contributed by atoms with van der Waals surface area (Å²) in [5, 5.41) is 12.8. The van der Waals surface area contributed by atoms with Crippen molar-refractivity contribution in [3.8, 4) is 5.69 Å². The maximum absolute atomic E-state index is 7.64. The summed E-state index contributed by atoms with van der Waals surface area (Å²) in [4.78, 5) is 0. The van der Waals surface area contributed by atoms with Crippen LogP contribution in [0.25, 0.3) is 47.7 Å². The quantitative estimate of drug-likeness (QED) is 0.311. The van der Waals surface area contributed by atoms with E-state index in [1.54, 1.807) is 0 Å². The Kier molecular flexibility index (Phi) is 3.22. The van der Waals surface area contributed by atoms with Crippen molar-refractivity contribution in [2.75, 3.05) is 0 Å². The lowest BCUT2D eigenvalue weighted by molar-refractivity contribution is 1.18. The Hall–Kier alpha value is -3.43. The van der Waals surface area contributed by atoms with E-state index in [4.69, 9.17) is 5.41 Å². The van der Waals surface area contributed by atoms with Crippen molar-refractivity contribution in [2.45, 2.75) is 0 Å². The second kappa shape index (κ2) is 5.78. The SMILES string of the molecule is N=Cc1cccc(-n2c3ccccc3c3cc4sc5ccccc5c4cc32)c1. The minimum absolute atomic E-state index is 0.908. The number of benzene rings is 4. The summed E-state index contributed by atoms with van der Waals surface area (Å²) < 4.78 is 4.97. The van der Waals surface area contributed by atoms with Gasteiger partial charge in [-0.25, -0.2) is 0 Å². The van der Waals surface area contributed by atoms with Crippen LogP contribution in [-0.4, -0.2) is 10.8 Å². The number of rotatable bonds is 2. The molecule has 0 radical (unpaired) electrons. The molecule has 0 spiro atoms. The molecule has 0 amide bonds. The summed E-state index contributed by atoms with van der Waals surface area (Å²) in [7, 11) is 0. The van der Waals surface area contributed by atoms with Gasteiger partial charge in [0, 0.05) is 42.8 Å². The average Bonchev–Trinajstić information content (AvgIpc) is 3.27. The predicted octanol–water partition coefficient (Wildman–Crippen LogP) is 7.15. The molecule has 4 aromatic carbocycles. The molecule has 0 bridgehead atoms. The lowest BCUT2D eigenvalue weighted by Crippen LogP contribution is -1.94. The first-order valence-electron chi connectivity index (χ1n) is 9.29. The minimum atomic E-state index is 0.908. The summed E-state index contributed by atoms with van der Waals surface area (Å²) in [6.07, 6.45) is 1.40. The zero-order chi connectivity index (χ0) is 18.7. The summed E-state index contributed by atoms with van der Waals surface area (Å²) in [6.45, 7) is 0. The molecule has 6 rings (SSSR count). The Bertz CT molecular complexity index is 1530. The molecule has 0 aliphatic rings. The topological polar surface area (TPSA) is 28.8 Å². The normalized spacial score (nSPS) is 11.7. The highest BCUT2D eigenvalue weighted by Gasteiger charge is 2.15. The van der Waals surface area contributed by atoms with Gasteiger partial charge in [-0.1, -0.05) is 48.5 Å². The van der Waals surface area contributed by atoms with Crippen molar-refractivity contribution < 1.29 is 0 Å². The number of nitrogens with one attached hydrogen (secondary N) is 1. The number of nitrogens with zero attached hydrogens (tertiary/aromatic N) is 1. The number of hydrogen-bond donors (Lipinski definition) is 1. The number of hydrogen-bond acceptors (Lipinski definition) is 2. The van der Waals surface area contributed by atoms with E-state index in [9.17, 15) is 0 Å². The van der Waals surface area contributed by atoms with Crippen LogP contribution in [0.2, 0.25) is 0 Å². The van der Waals surface area contributed by atoms with Gasteiger partial charge in [-0.3, -0.25) is 0 Å². The van der Waals surface area contributed by atoms with Gasteiger partial charge in [0.05, 0.1) is 11.0 Å². The van der Waals surface area contributed by atoms with E-state index in [2.05, 4.69) is 77.4 Å². The average molecular weight is 376 g/mol. The van der Waals surface area contributed by atoms with Gasteiger partial charge in [-0.2, -0.15) is 0 Å². The smallest absolute Gasteiger partial charge is 0.0548 e. The van der Waals surface area contributed by atoms with Crippen LogP contribution in [0.5, 0.6) is 0 Å². The van der Waals surface area contributed by atoms with E-state index in [1.165, 1.54) is 48.2 Å². The van der Waals surface area contributed by atoms with Gasteiger partial charge in [0.15, 0.2) is 0 Å². The van der Waals surface area contributed by atoms with Gasteiger partial charge in [-0.15, -0.1) is 11.3 Å². The molecule has 0 atom stereocenters. The zero-order valence-electron chi connectivity index (χ0n) is 15.0. The van der Waals surface area contributed by atoms with Gasteiger partial charge < -0.3 is 9.98 Å². The molecular weight excluding hydrogens is 360 g/mol. The molecule has 28 heavy (non-hydrogen) atoms. The minimum Gasteiger partial charge on any atom is -0.309 e. The molecule has 0 fully saturated rings. The molecule has 3 heteroatoms. The van der Waals surface area contributed by atoms with E-state index in [1.807, 2.05) is 23.5 Å². The number of thiophene rings is 1. The number of para-hydroxylation sites is 1. The molecule has 1 N–H and O–H groups in total.